The molecule has 1 atom stereocenters. The average molecular weight is 293 g/mol. The number of benzene rings is 1. The van der Waals surface area contributed by atoms with Crippen molar-refractivity contribution in [2.45, 2.75) is 32.9 Å². The van der Waals surface area contributed by atoms with Gasteiger partial charge >= 0.3 is 0 Å². The summed E-state index contributed by atoms with van der Waals surface area (Å²) in [6.07, 6.45) is 2.96. The number of aromatic nitrogens is 2. The van der Waals surface area contributed by atoms with Crippen LogP contribution in [0.5, 0.6) is 0 Å². The van der Waals surface area contributed by atoms with Gasteiger partial charge in [0, 0.05) is 35.1 Å². The fourth-order valence-electron chi connectivity index (χ4n) is 3.40. The van der Waals surface area contributed by atoms with Crippen molar-refractivity contribution in [3.8, 4) is 5.69 Å². The third-order valence-electron chi connectivity index (χ3n) is 4.38. The lowest BCUT2D eigenvalue weighted by Crippen LogP contribution is -2.13. The van der Waals surface area contributed by atoms with Gasteiger partial charge in [-0.25, -0.2) is 4.98 Å². The summed E-state index contributed by atoms with van der Waals surface area (Å²) >= 11 is 0. The van der Waals surface area contributed by atoms with Gasteiger partial charge in [-0.3, -0.25) is 4.57 Å². The van der Waals surface area contributed by atoms with E-state index in [0.29, 0.717) is 6.42 Å². The molecule has 3 heterocycles. The van der Waals surface area contributed by atoms with E-state index in [1.807, 2.05) is 12.3 Å². The molecule has 3 aromatic rings. The maximum absolute atomic E-state index is 9.84. The highest BCUT2D eigenvalue weighted by Crippen LogP contribution is 2.33. The molecule has 1 aliphatic heterocycles. The molecule has 0 saturated carbocycles. The zero-order valence-corrected chi connectivity index (χ0v) is 12.8. The number of rotatable bonds is 2. The minimum Gasteiger partial charge on any atom is -0.373 e. The summed E-state index contributed by atoms with van der Waals surface area (Å²) in [6, 6.07) is 10.6. The van der Waals surface area contributed by atoms with E-state index in [1.165, 1.54) is 11.3 Å². The Kier molecular flexibility index (Phi) is 2.94. The third-order valence-corrected chi connectivity index (χ3v) is 4.38. The van der Waals surface area contributed by atoms with E-state index < -0.39 is 6.23 Å². The fourth-order valence-corrected chi connectivity index (χ4v) is 3.40. The topological polar surface area (TPSA) is 50.1 Å². The van der Waals surface area contributed by atoms with Gasteiger partial charge in [0.15, 0.2) is 0 Å². The van der Waals surface area contributed by atoms with E-state index in [9.17, 15) is 5.11 Å². The number of pyridine rings is 1. The Hall–Kier alpha value is -2.33. The molecule has 1 aromatic carbocycles. The molecule has 4 rings (SSSR count). The van der Waals surface area contributed by atoms with Crippen LogP contribution in [-0.2, 0) is 12.8 Å². The fraction of sp³-hybridized carbons (Fsp3) is 0.278. The summed E-state index contributed by atoms with van der Waals surface area (Å²) in [5, 5.41) is 14.1. The Morgan fingerprint density at radius 2 is 2.23 bits per heavy atom. The smallest absolute Gasteiger partial charge is 0.144 e. The second-order valence-electron chi connectivity index (χ2n) is 5.90. The van der Waals surface area contributed by atoms with Gasteiger partial charge in [0.25, 0.3) is 0 Å². The van der Waals surface area contributed by atoms with Crippen LogP contribution in [0.1, 0.15) is 23.7 Å². The molecular weight excluding hydrogens is 274 g/mol. The number of aliphatic hydroxyl groups is 1. The molecule has 22 heavy (non-hydrogen) atoms. The largest absolute Gasteiger partial charge is 0.373 e. The Balaban J connectivity index is 1.97. The van der Waals surface area contributed by atoms with Crippen molar-refractivity contribution in [3.05, 3.63) is 53.3 Å². The van der Waals surface area contributed by atoms with Crippen LogP contribution in [0.25, 0.3) is 16.7 Å². The van der Waals surface area contributed by atoms with Crippen molar-refractivity contribution in [1.29, 1.82) is 0 Å². The highest BCUT2D eigenvalue weighted by Gasteiger charge is 2.21. The van der Waals surface area contributed by atoms with E-state index in [2.05, 4.69) is 53.0 Å². The standard InChI is InChI=1S/C18H19N3O/c1-3-14-8-12-5-4-6-19-18(12)21(14)15-7-11(2)17-13(9-15)10-16(22)20-17/h4-9,16,20,22H,3,10H2,1-2H3. The number of hydrogen-bond donors (Lipinski definition) is 2. The van der Waals surface area contributed by atoms with Crippen molar-refractivity contribution in [2.24, 2.45) is 0 Å². The molecule has 0 spiro atoms. The quantitative estimate of drug-likeness (QED) is 0.763. The minimum absolute atomic E-state index is 0.478. The molecule has 1 unspecified atom stereocenters. The molecule has 1 aliphatic rings. The van der Waals surface area contributed by atoms with E-state index in [4.69, 9.17) is 0 Å². The zero-order chi connectivity index (χ0) is 15.3. The third kappa shape index (κ3) is 1.91. The van der Waals surface area contributed by atoms with Crippen molar-refractivity contribution in [2.75, 3.05) is 5.32 Å². The zero-order valence-electron chi connectivity index (χ0n) is 12.8. The molecule has 0 radical (unpaired) electrons. The lowest BCUT2D eigenvalue weighted by molar-refractivity contribution is 0.212. The van der Waals surface area contributed by atoms with Crippen LogP contribution in [0.15, 0.2) is 36.5 Å². The first-order valence-corrected chi connectivity index (χ1v) is 7.71. The second kappa shape index (κ2) is 4.85. The average Bonchev–Trinajstić information content (AvgIpc) is 3.06. The lowest BCUT2D eigenvalue weighted by atomic mass is 10.1. The summed E-state index contributed by atoms with van der Waals surface area (Å²) in [5.41, 5.74) is 6.76. The van der Waals surface area contributed by atoms with E-state index in [0.717, 1.165) is 34.4 Å². The van der Waals surface area contributed by atoms with Crippen molar-refractivity contribution >= 4 is 16.7 Å². The van der Waals surface area contributed by atoms with Crippen LogP contribution < -0.4 is 5.32 Å². The Labute approximate surface area is 129 Å². The van der Waals surface area contributed by atoms with Gasteiger partial charge < -0.3 is 10.4 Å². The van der Waals surface area contributed by atoms with Crippen LogP contribution in [-0.4, -0.2) is 20.9 Å². The molecule has 0 aliphatic carbocycles. The Bertz CT molecular complexity index is 866. The highest BCUT2D eigenvalue weighted by molar-refractivity contribution is 5.80. The molecule has 0 bridgehead atoms. The van der Waals surface area contributed by atoms with Gasteiger partial charge in [-0.1, -0.05) is 6.92 Å². The number of nitrogens with one attached hydrogen (secondary N) is 1. The monoisotopic (exact) mass is 293 g/mol. The first kappa shape index (κ1) is 13.3. The molecule has 4 nitrogen and oxygen atoms in total. The maximum Gasteiger partial charge on any atom is 0.144 e. The Morgan fingerprint density at radius 3 is 3.05 bits per heavy atom. The molecule has 0 amide bonds. The summed E-state index contributed by atoms with van der Waals surface area (Å²) in [4.78, 5) is 4.56. The number of hydrogen-bond acceptors (Lipinski definition) is 3. The molecule has 0 saturated heterocycles. The normalized spacial score (nSPS) is 16.8. The molecule has 4 heteroatoms. The molecule has 112 valence electrons. The Morgan fingerprint density at radius 1 is 1.36 bits per heavy atom. The lowest BCUT2D eigenvalue weighted by Gasteiger charge is -2.13. The SMILES string of the molecule is CCc1cc2cccnc2n1-c1cc(C)c2c(c1)CC(O)N2. The van der Waals surface area contributed by atoms with Gasteiger partial charge in [-0.05, 0) is 54.8 Å². The van der Waals surface area contributed by atoms with Gasteiger partial charge in [0.05, 0.1) is 0 Å². The van der Waals surface area contributed by atoms with Crippen LogP contribution >= 0.6 is 0 Å². The first-order valence-electron chi connectivity index (χ1n) is 7.71. The number of nitrogens with zero attached hydrogens (tertiary/aromatic N) is 2. The van der Waals surface area contributed by atoms with Crippen molar-refractivity contribution in [3.63, 3.8) is 0 Å². The summed E-state index contributed by atoms with van der Waals surface area (Å²) in [5.74, 6) is 0. The molecular formula is C18H19N3O. The first-order chi connectivity index (χ1) is 10.7. The number of aryl methyl sites for hydroxylation is 2. The maximum atomic E-state index is 9.84. The van der Waals surface area contributed by atoms with E-state index in [-0.39, 0.29) is 0 Å². The van der Waals surface area contributed by atoms with Crippen LogP contribution in [0.4, 0.5) is 5.69 Å². The van der Waals surface area contributed by atoms with Crippen molar-refractivity contribution < 1.29 is 5.11 Å². The van der Waals surface area contributed by atoms with Gasteiger partial charge in [0.2, 0.25) is 0 Å². The van der Waals surface area contributed by atoms with E-state index in [1.54, 1.807) is 0 Å². The predicted octanol–water partition coefficient (Wildman–Crippen LogP) is 3.18. The number of aliphatic hydroxyl groups excluding tert-OH is 1. The summed E-state index contributed by atoms with van der Waals surface area (Å²) < 4.78 is 2.23. The van der Waals surface area contributed by atoms with Crippen LogP contribution in [0.3, 0.4) is 0 Å². The predicted molar refractivity (Wildman–Crippen MR) is 88.5 cm³/mol. The number of fused-ring (bicyclic) bond motifs is 2. The minimum atomic E-state index is -0.478. The summed E-state index contributed by atoms with van der Waals surface area (Å²) in [7, 11) is 0. The molecule has 2 aromatic heterocycles. The summed E-state index contributed by atoms with van der Waals surface area (Å²) in [6.45, 7) is 4.24. The van der Waals surface area contributed by atoms with Crippen LogP contribution in [0.2, 0.25) is 0 Å². The second-order valence-corrected chi connectivity index (χ2v) is 5.90. The van der Waals surface area contributed by atoms with Gasteiger partial charge in [-0.15, -0.1) is 0 Å². The number of anilines is 1. The van der Waals surface area contributed by atoms with Gasteiger partial charge in [-0.2, -0.15) is 0 Å². The van der Waals surface area contributed by atoms with Crippen LogP contribution in [0, 0.1) is 6.92 Å². The van der Waals surface area contributed by atoms with E-state index >= 15 is 0 Å². The molecule has 0 fully saturated rings. The van der Waals surface area contributed by atoms with Gasteiger partial charge in [0.1, 0.15) is 11.9 Å². The molecule has 2 N–H and O–H groups in total. The van der Waals surface area contributed by atoms with Crippen molar-refractivity contribution in [1.82, 2.24) is 9.55 Å². The highest BCUT2D eigenvalue weighted by atomic mass is 16.3.